The summed E-state index contributed by atoms with van der Waals surface area (Å²) >= 11 is 3.04. The predicted molar refractivity (Wildman–Crippen MR) is 76.3 cm³/mol. The molecule has 1 aromatic carbocycles. The smallest absolute Gasteiger partial charge is 0.322 e. The second kappa shape index (κ2) is 5.90. The number of carbonyl (C=O) groups excluding carboxylic acids is 1. The fraction of sp³-hybridized carbons (Fsp3) is 0.308. The van der Waals surface area contributed by atoms with Gasteiger partial charge in [-0.3, -0.25) is 10.1 Å². The zero-order valence-electron chi connectivity index (χ0n) is 10.9. The number of hydrogen-bond donors (Lipinski definition) is 2. The van der Waals surface area contributed by atoms with E-state index in [1.165, 1.54) is 18.2 Å². The van der Waals surface area contributed by atoms with Crippen molar-refractivity contribution in [2.45, 2.75) is 18.9 Å². The number of carbonyl (C=O) groups is 1. The Morgan fingerprint density at radius 3 is 3.10 bits per heavy atom. The molecule has 1 fully saturated rings. The quantitative estimate of drug-likeness (QED) is 0.885. The second-order valence-electron chi connectivity index (χ2n) is 4.65. The summed E-state index contributed by atoms with van der Waals surface area (Å²) in [5.74, 6) is -0.582. The van der Waals surface area contributed by atoms with Crippen LogP contribution in [0.2, 0.25) is 0 Å². The van der Waals surface area contributed by atoms with Gasteiger partial charge in [0.25, 0.3) is 5.91 Å². The number of rotatable bonds is 3. The van der Waals surface area contributed by atoms with E-state index in [0.717, 1.165) is 19.4 Å². The summed E-state index contributed by atoms with van der Waals surface area (Å²) < 4.78 is 18.9. The molecule has 1 aliphatic rings. The predicted octanol–water partition coefficient (Wildman–Crippen LogP) is 2.65. The fourth-order valence-corrected chi connectivity index (χ4v) is 2.61. The van der Waals surface area contributed by atoms with Crippen LogP contribution in [0.25, 0.3) is 0 Å². The Kier molecular flexibility index (Phi) is 3.98. The first-order valence-corrected chi connectivity index (χ1v) is 7.26. The lowest BCUT2D eigenvalue weighted by molar-refractivity contribution is 0.102. The van der Waals surface area contributed by atoms with Crippen molar-refractivity contribution < 1.29 is 13.6 Å². The van der Waals surface area contributed by atoms with Crippen molar-refractivity contribution in [3.63, 3.8) is 0 Å². The molecule has 1 aliphatic heterocycles. The van der Waals surface area contributed by atoms with E-state index < -0.39 is 11.7 Å². The Morgan fingerprint density at radius 1 is 1.48 bits per heavy atom. The maximum Gasteiger partial charge on any atom is 0.322 e. The van der Waals surface area contributed by atoms with Crippen molar-refractivity contribution in [2.75, 3.05) is 11.9 Å². The molecule has 0 bridgehead atoms. The van der Waals surface area contributed by atoms with Crippen LogP contribution in [0, 0.1) is 5.82 Å². The summed E-state index contributed by atoms with van der Waals surface area (Å²) in [5.41, 5.74) is 0.161. The van der Waals surface area contributed by atoms with E-state index >= 15 is 0 Å². The molecule has 0 saturated carbocycles. The van der Waals surface area contributed by atoms with Crippen molar-refractivity contribution >= 4 is 27.9 Å². The third-order valence-corrected chi connectivity index (χ3v) is 4.02. The lowest BCUT2D eigenvalue weighted by Crippen LogP contribution is -2.13. The van der Waals surface area contributed by atoms with E-state index in [-0.39, 0.29) is 22.1 Å². The van der Waals surface area contributed by atoms with E-state index in [2.05, 4.69) is 36.8 Å². The van der Waals surface area contributed by atoms with Gasteiger partial charge in [0.1, 0.15) is 5.82 Å². The number of aromatic nitrogens is 2. The molecule has 2 N–H and O–H groups in total. The first-order valence-electron chi connectivity index (χ1n) is 6.47. The van der Waals surface area contributed by atoms with E-state index in [4.69, 9.17) is 4.42 Å². The van der Waals surface area contributed by atoms with Crippen molar-refractivity contribution in [3.8, 4) is 0 Å². The van der Waals surface area contributed by atoms with Crippen LogP contribution in [0.4, 0.5) is 10.4 Å². The Morgan fingerprint density at radius 2 is 2.33 bits per heavy atom. The zero-order chi connectivity index (χ0) is 14.8. The van der Waals surface area contributed by atoms with Crippen LogP contribution in [-0.4, -0.2) is 22.6 Å². The molecular formula is C13H12BrFN4O2. The van der Waals surface area contributed by atoms with E-state index in [0.29, 0.717) is 5.89 Å². The number of benzene rings is 1. The van der Waals surface area contributed by atoms with Gasteiger partial charge in [0, 0.05) is 0 Å². The number of amides is 1. The molecule has 0 aliphatic carbocycles. The second-order valence-corrected chi connectivity index (χ2v) is 5.44. The number of halogens is 2. The van der Waals surface area contributed by atoms with Gasteiger partial charge in [-0.1, -0.05) is 11.2 Å². The van der Waals surface area contributed by atoms with Crippen LogP contribution >= 0.6 is 15.9 Å². The molecule has 3 rings (SSSR count). The van der Waals surface area contributed by atoms with Gasteiger partial charge in [-0.05, 0) is 47.4 Å². The van der Waals surface area contributed by atoms with Gasteiger partial charge in [-0.15, -0.1) is 5.10 Å². The third-order valence-electron chi connectivity index (χ3n) is 3.22. The van der Waals surface area contributed by atoms with Gasteiger partial charge in [-0.25, -0.2) is 4.39 Å². The normalized spacial score (nSPS) is 17.9. The van der Waals surface area contributed by atoms with Crippen molar-refractivity contribution in [1.82, 2.24) is 15.5 Å². The van der Waals surface area contributed by atoms with Gasteiger partial charge in [0.2, 0.25) is 5.89 Å². The van der Waals surface area contributed by atoms with Crippen molar-refractivity contribution in [3.05, 3.63) is 39.9 Å². The van der Waals surface area contributed by atoms with Crippen LogP contribution in [0.15, 0.2) is 27.1 Å². The zero-order valence-corrected chi connectivity index (χ0v) is 12.5. The highest BCUT2D eigenvalue weighted by Gasteiger charge is 2.23. The molecule has 6 nitrogen and oxygen atoms in total. The molecular weight excluding hydrogens is 343 g/mol. The van der Waals surface area contributed by atoms with E-state index in [1.807, 2.05) is 0 Å². The molecule has 8 heteroatoms. The molecule has 21 heavy (non-hydrogen) atoms. The molecule has 0 spiro atoms. The molecule has 2 aromatic rings. The molecule has 110 valence electrons. The molecule has 1 unspecified atom stereocenters. The highest BCUT2D eigenvalue weighted by atomic mass is 79.9. The largest absolute Gasteiger partial charge is 0.406 e. The van der Waals surface area contributed by atoms with Gasteiger partial charge >= 0.3 is 6.01 Å². The van der Waals surface area contributed by atoms with Crippen LogP contribution in [0.3, 0.4) is 0 Å². The molecule has 2 heterocycles. The topological polar surface area (TPSA) is 80.0 Å². The minimum Gasteiger partial charge on any atom is -0.406 e. The highest BCUT2D eigenvalue weighted by Crippen LogP contribution is 2.24. The first kappa shape index (κ1) is 14.2. The Hall–Kier alpha value is -1.80. The van der Waals surface area contributed by atoms with E-state index in [1.54, 1.807) is 0 Å². The monoisotopic (exact) mass is 354 g/mol. The fourth-order valence-electron chi connectivity index (χ4n) is 2.16. The lowest BCUT2D eigenvalue weighted by atomic mass is 10.2. The van der Waals surface area contributed by atoms with Crippen molar-refractivity contribution in [2.24, 2.45) is 0 Å². The molecule has 1 aromatic heterocycles. The Labute approximate surface area is 128 Å². The standard InChI is InChI=1S/C13H12BrFN4O2/c14-10-7(3-1-4-8(10)15)11(20)17-13-19-18-12(21-13)9-5-2-6-16-9/h1,3-4,9,16H,2,5-6H2,(H,17,19,20). The summed E-state index contributed by atoms with van der Waals surface area (Å²) in [5, 5.41) is 13.4. The summed E-state index contributed by atoms with van der Waals surface area (Å²) in [6.45, 7) is 0.908. The number of nitrogens with zero attached hydrogens (tertiary/aromatic N) is 2. The average Bonchev–Trinajstić information content (AvgIpc) is 3.12. The number of nitrogens with one attached hydrogen (secondary N) is 2. The summed E-state index contributed by atoms with van der Waals surface area (Å²) in [7, 11) is 0. The van der Waals surface area contributed by atoms with Gasteiger partial charge in [0.05, 0.1) is 16.1 Å². The first-order chi connectivity index (χ1) is 10.1. The van der Waals surface area contributed by atoms with Gasteiger partial charge < -0.3 is 9.73 Å². The minimum absolute atomic E-state index is 0.000128. The summed E-state index contributed by atoms with van der Waals surface area (Å²) in [4.78, 5) is 12.1. The molecule has 1 amide bonds. The van der Waals surface area contributed by atoms with Crippen LogP contribution in [0.5, 0.6) is 0 Å². The molecule has 1 atom stereocenters. The molecule has 1 saturated heterocycles. The van der Waals surface area contributed by atoms with Crippen LogP contribution in [-0.2, 0) is 0 Å². The Balaban J connectivity index is 1.74. The summed E-state index contributed by atoms with van der Waals surface area (Å²) in [6, 6.07) is 4.25. The highest BCUT2D eigenvalue weighted by molar-refractivity contribution is 9.10. The maximum absolute atomic E-state index is 13.4. The average molecular weight is 355 g/mol. The third kappa shape index (κ3) is 2.96. The SMILES string of the molecule is O=C(Nc1nnc(C2CCCN2)o1)c1cccc(F)c1Br. The van der Waals surface area contributed by atoms with Crippen LogP contribution < -0.4 is 10.6 Å². The van der Waals surface area contributed by atoms with Crippen molar-refractivity contribution in [1.29, 1.82) is 0 Å². The number of anilines is 1. The minimum atomic E-state index is -0.518. The Bertz CT molecular complexity index is 670. The van der Waals surface area contributed by atoms with Gasteiger partial charge in [0.15, 0.2) is 0 Å². The summed E-state index contributed by atoms with van der Waals surface area (Å²) in [6.07, 6.45) is 1.97. The van der Waals surface area contributed by atoms with Gasteiger partial charge in [-0.2, -0.15) is 0 Å². The number of hydrogen-bond acceptors (Lipinski definition) is 5. The van der Waals surface area contributed by atoms with E-state index in [9.17, 15) is 9.18 Å². The van der Waals surface area contributed by atoms with Crippen LogP contribution in [0.1, 0.15) is 35.1 Å². The maximum atomic E-state index is 13.4. The lowest BCUT2D eigenvalue weighted by Gasteiger charge is -2.04. The molecule has 0 radical (unpaired) electrons.